The molecular formula is C13H14N2O3. The zero-order chi connectivity index (χ0) is 13.0. The molecular weight excluding hydrogens is 232 g/mol. The number of benzene rings is 1. The maximum absolute atomic E-state index is 12.2. The summed E-state index contributed by atoms with van der Waals surface area (Å²) in [7, 11) is 0. The van der Waals surface area contributed by atoms with Crippen LogP contribution < -0.4 is 9.47 Å². The monoisotopic (exact) mass is 246 g/mol. The number of fused-ring (bicyclic) bond motifs is 1. The molecule has 0 saturated heterocycles. The first-order valence-electron chi connectivity index (χ1n) is 5.82. The molecule has 0 aromatic heterocycles. The fraction of sp³-hybridized carbons (Fsp3) is 0.385. The highest BCUT2D eigenvalue weighted by molar-refractivity contribution is 5.95. The van der Waals surface area contributed by atoms with Crippen LogP contribution in [0.3, 0.4) is 0 Å². The minimum absolute atomic E-state index is 0.0916. The summed E-state index contributed by atoms with van der Waals surface area (Å²) < 4.78 is 10.4. The second kappa shape index (κ2) is 5.41. The molecule has 5 heteroatoms. The Kier molecular flexibility index (Phi) is 3.68. The fourth-order valence-corrected chi connectivity index (χ4v) is 1.80. The quantitative estimate of drug-likeness (QED) is 0.812. The van der Waals surface area contributed by atoms with E-state index in [-0.39, 0.29) is 12.7 Å². The fourth-order valence-electron chi connectivity index (χ4n) is 1.80. The lowest BCUT2D eigenvalue weighted by atomic mass is 10.1. The molecule has 1 amide bonds. The minimum Gasteiger partial charge on any atom is -0.454 e. The Morgan fingerprint density at radius 3 is 2.94 bits per heavy atom. The van der Waals surface area contributed by atoms with Crippen molar-refractivity contribution in [3.63, 3.8) is 0 Å². The highest BCUT2D eigenvalue weighted by atomic mass is 16.7. The molecule has 1 aromatic carbocycles. The Labute approximate surface area is 106 Å². The molecule has 94 valence electrons. The molecule has 5 nitrogen and oxygen atoms in total. The van der Waals surface area contributed by atoms with E-state index < -0.39 is 0 Å². The standard InChI is InChI=1S/C13H14N2O3/c1-2-15(7-3-6-14)13(16)10-4-5-11-12(8-10)18-9-17-11/h4-5,8H,2-3,7,9H2,1H3. The third-order valence-corrected chi connectivity index (χ3v) is 2.78. The van der Waals surface area contributed by atoms with E-state index in [4.69, 9.17) is 14.7 Å². The summed E-state index contributed by atoms with van der Waals surface area (Å²) in [6.07, 6.45) is 0.337. The van der Waals surface area contributed by atoms with Gasteiger partial charge in [-0.2, -0.15) is 5.26 Å². The molecule has 18 heavy (non-hydrogen) atoms. The molecule has 0 radical (unpaired) electrons. The van der Waals surface area contributed by atoms with Gasteiger partial charge in [0.2, 0.25) is 6.79 Å². The number of rotatable bonds is 4. The Morgan fingerprint density at radius 1 is 1.44 bits per heavy atom. The van der Waals surface area contributed by atoms with Crippen molar-refractivity contribution >= 4 is 5.91 Å². The average Bonchev–Trinajstić information content (AvgIpc) is 2.86. The summed E-state index contributed by atoms with van der Waals surface area (Å²) in [6.45, 7) is 3.11. The first-order valence-corrected chi connectivity index (χ1v) is 5.82. The van der Waals surface area contributed by atoms with Crippen molar-refractivity contribution in [2.75, 3.05) is 19.9 Å². The molecule has 1 aromatic rings. The van der Waals surface area contributed by atoms with Gasteiger partial charge in [-0.3, -0.25) is 4.79 Å². The Balaban J connectivity index is 2.15. The van der Waals surface area contributed by atoms with Gasteiger partial charge in [-0.1, -0.05) is 0 Å². The van der Waals surface area contributed by atoms with E-state index in [1.54, 1.807) is 23.1 Å². The van der Waals surface area contributed by atoms with Crippen molar-refractivity contribution in [2.45, 2.75) is 13.3 Å². The van der Waals surface area contributed by atoms with Crippen LogP contribution >= 0.6 is 0 Å². The van der Waals surface area contributed by atoms with Crippen LogP contribution in [0.25, 0.3) is 0 Å². The van der Waals surface area contributed by atoms with Crippen LogP contribution in [0.1, 0.15) is 23.7 Å². The van der Waals surface area contributed by atoms with E-state index in [1.165, 1.54) is 0 Å². The van der Waals surface area contributed by atoms with Gasteiger partial charge in [0.05, 0.1) is 12.5 Å². The molecule has 0 unspecified atom stereocenters. The predicted molar refractivity (Wildman–Crippen MR) is 64.4 cm³/mol. The largest absolute Gasteiger partial charge is 0.454 e. The first-order chi connectivity index (χ1) is 8.76. The van der Waals surface area contributed by atoms with Crippen LogP contribution in [-0.2, 0) is 0 Å². The lowest BCUT2D eigenvalue weighted by molar-refractivity contribution is 0.0767. The third-order valence-electron chi connectivity index (χ3n) is 2.78. The van der Waals surface area contributed by atoms with Gasteiger partial charge in [-0.25, -0.2) is 0 Å². The van der Waals surface area contributed by atoms with Gasteiger partial charge in [0.15, 0.2) is 11.5 Å². The van der Waals surface area contributed by atoms with Crippen molar-refractivity contribution < 1.29 is 14.3 Å². The summed E-state index contributed by atoms with van der Waals surface area (Å²) >= 11 is 0. The summed E-state index contributed by atoms with van der Waals surface area (Å²) in [5, 5.41) is 8.57. The first kappa shape index (κ1) is 12.2. The maximum atomic E-state index is 12.2. The van der Waals surface area contributed by atoms with Crippen LogP contribution in [-0.4, -0.2) is 30.7 Å². The Morgan fingerprint density at radius 2 is 2.22 bits per heavy atom. The molecule has 2 rings (SSSR count). The highest BCUT2D eigenvalue weighted by Gasteiger charge is 2.19. The molecule has 0 aliphatic carbocycles. The van der Waals surface area contributed by atoms with E-state index in [2.05, 4.69) is 0 Å². The summed E-state index contributed by atoms with van der Waals surface area (Å²) in [4.78, 5) is 13.8. The number of hydrogen-bond donors (Lipinski definition) is 0. The molecule has 0 atom stereocenters. The molecule has 1 heterocycles. The van der Waals surface area contributed by atoms with Crippen LogP contribution in [0.5, 0.6) is 11.5 Å². The van der Waals surface area contributed by atoms with Gasteiger partial charge in [0.1, 0.15) is 0 Å². The van der Waals surface area contributed by atoms with Crippen LogP contribution in [0, 0.1) is 11.3 Å². The average molecular weight is 246 g/mol. The SMILES string of the molecule is CCN(CCC#N)C(=O)c1ccc2c(c1)OCO2. The molecule has 0 spiro atoms. The summed E-state index contributed by atoms with van der Waals surface area (Å²) in [6, 6.07) is 7.17. The number of hydrogen-bond acceptors (Lipinski definition) is 4. The van der Waals surface area contributed by atoms with Crippen molar-refractivity contribution in [1.82, 2.24) is 4.90 Å². The second-order valence-corrected chi connectivity index (χ2v) is 3.86. The highest BCUT2D eigenvalue weighted by Crippen LogP contribution is 2.32. The van der Waals surface area contributed by atoms with Crippen molar-refractivity contribution in [3.05, 3.63) is 23.8 Å². The van der Waals surface area contributed by atoms with Gasteiger partial charge in [-0.05, 0) is 25.1 Å². The number of carbonyl (C=O) groups excluding carboxylic acids is 1. The number of amides is 1. The van der Waals surface area contributed by atoms with E-state index in [1.807, 2.05) is 13.0 Å². The molecule has 1 aliphatic heterocycles. The zero-order valence-electron chi connectivity index (χ0n) is 10.2. The topological polar surface area (TPSA) is 62.6 Å². The van der Waals surface area contributed by atoms with E-state index in [0.717, 1.165) is 0 Å². The van der Waals surface area contributed by atoms with Crippen LogP contribution in [0.15, 0.2) is 18.2 Å². The molecule has 1 aliphatic rings. The lowest BCUT2D eigenvalue weighted by Gasteiger charge is -2.19. The van der Waals surface area contributed by atoms with E-state index in [9.17, 15) is 4.79 Å². The van der Waals surface area contributed by atoms with Crippen molar-refractivity contribution in [3.8, 4) is 17.6 Å². The van der Waals surface area contributed by atoms with Gasteiger partial charge in [0.25, 0.3) is 5.91 Å². The van der Waals surface area contributed by atoms with Gasteiger partial charge >= 0.3 is 0 Å². The second-order valence-electron chi connectivity index (χ2n) is 3.86. The Bertz CT molecular complexity index is 493. The summed E-state index contributed by atoms with van der Waals surface area (Å²) in [5.41, 5.74) is 0.555. The molecule has 0 saturated carbocycles. The van der Waals surface area contributed by atoms with Gasteiger partial charge in [-0.15, -0.1) is 0 Å². The predicted octanol–water partition coefficient (Wildman–Crippen LogP) is 1.79. The molecule has 0 N–H and O–H groups in total. The number of ether oxygens (including phenoxy) is 2. The zero-order valence-corrected chi connectivity index (χ0v) is 10.2. The minimum atomic E-state index is -0.0916. The Hall–Kier alpha value is -2.22. The van der Waals surface area contributed by atoms with Crippen molar-refractivity contribution in [2.24, 2.45) is 0 Å². The smallest absolute Gasteiger partial charge is 0.254 e. The van der Waals surface area contributed by atoms with Crippen LogP contribution in [0.4, 0.5) is 0 Å². The lowest BCUT2D eigenvalue weighted by Crippen LogP contribution is -2.31. The van der Waals surface area contributed by atoms with Crippen molar-refractivity contribution in [1.29, 1.82) is 5.26 Å². The molecule has 0 bridgehead atoms. The summed E-state index contributed by atoms with van der Waals surface area (Å²) in [5.74, 6) is 1.16. The van der Waals surface area contributed by atoms with E-state index >= 15 is 0 Å². The number of carbonyl (C=O) groups is 1. The van der Waals surface area contributed by atoms with Gasteiger partial charge < -0.3 is 14.4 Å². The number of nitriles is 1. The maximum Gasteiger partial charge on any atom is 0.254 e. The normalized spacial score (nSPS) is 12.0. The third kappa shape index (κ3) is 2.38. The molecule has 0 fully saturated rings. The van der Waals surface area contributed by atoms with Gasteiger partial charge in [0, 0.05) is 18.7 Å². The van der Waals surface area contributed by atoms with E-state index in [0.29, 0.717) is 36.6 Å². The number of nitrogens with zero attached hydrogens (tertiary/aromatic N) is 2. The van der Waals surface area contributed by atoms with Crippen LogP contribution in [0.2, 0.25) is 0 Å².